The normalized spacial score (nSPS) is 27.9. The standard InChI is InChI=1S/C20H31N3O2/c1-15-4-3-5-19(16(15)2)21-20(25)14-22-10-12-23(13-11-22)17-6-8-18(24)9-7-17/h6-9,15-16,19,24H,3-5,10-14H2,1-2H3,(H,21,25)/p+1/t15-,16-,19-/m1/s1. The molecule has 1 aliphatic carbocycles. The molecule has 3 rings (SSSR count). The van der Waals surface area contributed by atoms with Crippen LogP contribution in [0.3, 0.4) is 0 Å². The van der Waals surface area contributed by atoms with Crippen molar-refractivity contribution >= 4 is 11.6 Å². The van der Waals surface area contributed by atoms with Crippen molar-refractivity contribution in [1.29, 1.82) is 0 Å². The van der Waals surface area contributed by atoms with Crippen LogP contribution in [0.5, 0.6) is 5.75 Å². The third-order valence-electron chi connectivity index (χ3n) is 6.15. The summed E-state index contributed by atoms with van der Waals surface area (Å²) in [5.41, 5.74) is 1.14. The predicted molar refractivity (Wildman–Crippen MR) is 100.0 cm³/mol. The molecule has 1 aromatic rings. The lowest BCUT2D eigenvalue weighted by Crippen LogP contribution is -3.16. The van der Waals surface area contributed by atoms with Crippen molar-refractivity contribution in [2.75, 3.05) is 37.6 Å². The van der Waals surface area contributed by atoms with Gasteiger partial charge in [-0.1, -0.05) is 26.7 Å². The van der Waals surface area contributed by atoms with Gasteiger partial charge in [-0.05, 0) is 42.5 Å². The molecule has 138 valence electrons. The van der Waals surface area contributed by atoms with E-state index in [0.29, 0.717) is 30.2 Å². The summed E-state index contributed by atoms with van der Waals surface area (Å²) < 4.78 is 0. The monoisotopic (exact) mass is 346 g/mol. The van der Waals surface area contributed by atoms with Gasteiger partial charge in [-0.15, -0.1) is 0 Å². The number of rotatable bonds is 4. The number of phenols is 1. The SMILES string of the molecule is C[C@@H]1[C@H](C)CCC[C@H]1NC(=O)C[NH+]1CCN(c2ccc(O)cc2)CC1. The molecule has 25 heavy (non-hydrogen) atoms. The molecular formula is C20H32N3O2+. The minimum Gasteiger partial charge on any atom is -0.508 e. The number of anilines is 1. The van der Waals surface area contributed by atoms with Crippen molar-refractivity contribution in [3.05, 3.63) is 24.3 Å². The maximum absolute atomic E-state index is 12.4. The first kappa shape index (κ1) is 18.1. The van der Waals surface area contributed by atoms with Crippen molar-refractivity contribution in [2.45, 2.75) is 39.2 Å². The summed E-state index contributed by atoms with van der Waals surface area (Å²) in [5, 5.41) is 12.7. The minimum absolute atomic E-state index is 0.207. The van der Waals surface area contributed by atoms with E-state index in [1.165, 1.54) is 17.7 Å². The fourth-order valence-corrected chi connectivity index (χ4v) is 4.19. The summed E-state index contributed by atoms with van der Waals surface area (Å²) in [6, 6.07) is 7.73. The smallest absolute Gasteiger partial charge is 0.275 e. The number of carbonyl (C=O) groups is 1. The van der Waals surface area contributed by atoms with Crippen molar-refractivity contribution in [1.82, 2.24) is 5.32 Å². The molecule has 5 heteroatoms. The molecule has 5 nitrogen and oxygen atoms in total. The van der Waals surface area contributed by atoms with E-state index in [9.17, 15) is 9.90 Å². The molecule has 0 radical (unpaired) electrons. The predicted octanol–water partition coefficient (Wildman–Crippen LogP) is 1.04. The van der Waals surface area contributed by atoms with E-state index in [1.54, 1.807) is 12.1 Å². The van der Waals surface area contributed by atoms with Gasteiger partial charge in [0.05, 0.1) is 26.2 Å². The highest BCUT2D eigenvalue weighted by atomic mass is 16.3. The van der Waals surface area contributed by atoms with Gasteiger partial charge in [-0.25, -0.2) is 0 Å². The minimum atomic E-state index is 0.207. The van der Waals surface area contributed by atoms with Gasteiger partial charge in [0, 0.05) is 11.7 Å². The van der Waals surface area contributed by atoms with Gasteiger partial charge in [0.15, 0.2) is 6.54 Å². The number of carbonyl (C=O) groups excluding carboxylic acids is 1. The molecule has 0 bridgehead atoms. The number of nitrogens with one attached hydrogen (secondary N) is 2. The third kappa shape index (κ3) is 4.66. The lowest BCUT2D eigenvalue weighted by Gasteiger charge is -2.36. The lowest BCUT2D eigenvalue weighted by molar-refractivity contribution is -0.892. The maximum Gasteiger partial charge on any atom is 0.275 e. The van der Waals surface area contributed by atoms with E-state index in [1.807, 2.05) is 12.1 Å². The molecule has 1 aromatic carbocycles. The number of hydrogen-bond donors (Lipinski definition) is 3. The zero-order chi connectivity index (χ0) is 17.8. The fraction of sp³-hybridized carbons (Fsp3) is 0.650. The highest BCUT2D eigenvalue weighted by Crippen LogP contribution is 2.29. The first-order valence-electron chi connectivity index (χ1n) is 9.70. The zero-order valence-corrected chi connectivity index (χ0v) is 15.5. The van der Waals surface area contributed by atoms with Crippen LogP contribution >= 0.6 is 0 Å². The van der Waals surface area contributed by atoms with Crippen LogP contribution in [0.15, 0.2) is 24.3 Å². The number of piperazine rings is 1. The molecular weight excluding hydrogens is 314 g/mol. The highest BCUT2D eigenvalue weighted by Gasteiger charge is 2.29. The Balaban J connectivity index is 1.44. The van der Waals surface area contributed by atoms with E-state index in [4.69, 9.17) is 0 Å². The highest BCUT2D eigenvalue weighted by molar-refractivity contribution is 5.77. The summed E-state index contributed by atoms with van der Waals surface area (Å²) >= 11 is 0. The third-order valence-corrected chi connectivity index (χ3v) is 6.15. The number of aromatic hydroxyl groups is 1. The second-order valence-electron chi connectivity index (χ2n) is 7.87. The number of hydrogen-bond acceptors (Lipinski definition) is 3. The van der Waals surface area contributed by atoms with Gasteiger partial charge in [0.1, 0.15) is 5.75 Å². The Labute approximate surface area is 151 Å². The van der Waals surface area contributed by atoms with Crippen LogP contribution in [0.1, 0.15) is 33.1 Å². The Kier molecular flexibility index (Phi) is 5.84. The first-order valence-corrected chi connectivity index (χ1v) is 9.70. The summed E-state index contributed by atoms with van der Waals surface area (Å²) in [6.45, 7) is 9.01. The topological polar surface area (TPSA) is 57.0 Å². The molecule has 1 aliphatic heterocycles. The van der Waals surface area contributed by atoms with Crippen LogP contribution in [0.25, 0.3) is 0 Å². The summed E-state index contributed by atoms with van der Waals surface area (Å²) in [6.07, 6.45) is 3.65. The quantitative estimate of drug-likeness (QED) is 0.763. The van der Waals surface area contributed by atoms with Crippen LogP contribution in [-0.4, -0.2) is 49.8 Å². The van der Waals surface area contributed by atoms with Crippen LogP contribution < -0.4 is 15.1 Å². The Bertz CT molecular complexity index is 567. The number of quaternary nitrogens is 1. The lowest BCUT2D eigenvalue weighted by atomic mass is 9.78. The number of nitrogens with zero attached hydrogens (tertiary/aromatic N) is 1. The van der Waals surface area contributed by atoms with Gasteiger partial charge in [0.25, 0.3) is 5.91 Å². The molecule has 1 saturated heterocycles. The number of benzene rings is 1. The van der Waals surface area contributed by atoms with E-state index in [-0.39, 0.29) is 5.91 Å². The molecule has 0 unspecified atom stereocenters. The Morgan fingerprint density at radius 2 is 1.88 bits per heavy atom. The molecule has 1 saturated carbocycles. The average molecular weight is 346 g/mol. The molecule has 1 amide bonds. The summed E-state index contributed by atoms with van der Waals surface area (Å²) in [5.74, 6) is 1.80. The Morgan fingerprint density at radius 3 is 2.56 bits per heavy atom. The van der Waals surface area contributed by atoms with Gasteiger partial charge < -0.3 is 20.2 Å². The molecule has 1 heterocycles. The molecule has 2 aliphatic rings. The molecule has 0 aromatic heterocycles. The van der Waals surface area contributed by atoms with Crippen molar-refractivity contribution < 1.29 is 14.8 Å². The molecule has 3 N–H and O–H groups in total. The maximum atomic E-state index is 12.4. The molecule has 2 fully saturated rings. The van der Waals surface area contributed by atoms with Crippen LogP contribution in [-0.2, 0) is 4.79 Å². The van der Waals surface area contributed by atoms with Gasteiger partial charge >= 0.3 is 0 Å². The van der Waals surface area contributed by atoms with Crippen LogP contribution in [0, 0.1) is 11.8 Å². The van der Waals surface area contributed by atoms with Crippen LogP contribution in [0.4, 0.5) is 5.69 Å². The zero-order valence-electron chi connectivity index (χ0n) is 15.5. The summed E-state index contributed by atoms with van der Waals surface area (Å²) in [4.78, 5) is 16.1. The Morgan fingerprint density at radius 1 is 1.20 bits per heavy atom. The first-order chi connectivity index (χ1) is 12.0. The average Bonchev–Trinajstić information content (AvgIpc) is 2.60. The van der Waals surface area contributed by atoms with E-state index in [0.717, 1.165) is 38.3 Å². The van der Waals surface area contributed by atoms with Gasteiger partial charge in [0.2, 0.25) is 0 Å². The van der Waals surface area contributed by atoms with E-state index >= 15 is 0 Å². The number of phenolic OH excluding ortho intramolecular Hbond substituents is 1. The van der Waals surface area contributed by atoms with Crippen molar-refractivity contribution in [3.8, 4) is 5.75 Å². The summed E-state index contributed by atoms with van der Waals surface area (Å²) in [7, 11) is 0. The second-order valence-corrected chi connectivity index (χ2v) is 7.87. The molecule has 0 spiro atoms. The largest absolute Gasteiger partial charge is 0.508 e. The van der Waals surface area contributed by atoms with E-state index < -0.39 is 0 Å². The van der Waals surface area contributed by atoms with Crippen molar-refractivity contribution in [3.63, 3.8) is 0 Å². The fourth-order valence-electron chi connectivity index (χ4n) is 4.19. The second kappa shape index (κ2) is 8.09. The van der Waals surface area contributed by atoms with Gasteiger partial charge in [-0.3, -0.25) is 4.79 Å². The Hall–Kier alpha value is -1.75. The van der Waals surface area contributed by atoms with E-state index in [2.05, 4.69) is 24.1 Å². The van der Waals surface area contributed by atoms with Crippen molar-refractivity contribution in [2.24, 2.45) is 11.8 Å². The van der Waals surface area contributed by atoms with Gasteiger partial charge in [-0.2, -0.15) is 0 Å². The number of amides is 1. The van der Waals surface area contributed by atoms with Crippen LogP contribution in [0.2, 0.25) is 0 Å². The molecule has 3 atom stereocenters.